The fourth-order valence-electron chi connectivity index (χ4n) is 2.06. The van der Waals surface area contributed by atoms with Gasteiger partial charge in [0, 0.05) is 11.6 Å². The van der Waals surface area contributed by atoms with Gasteiger partial charge >= 0.3 is 5.97 Å². The zero-order valence-electron chi connectivity index (χ0n) is 10.8. The van der Waals surface area contributed by atoms with Gasteiger partial charge in [-0.1, -0.05) is 23.2 Å². The highest BCUT2D eigenvalue weighted by atomic mass is 35.5. The average Bonchev–Trinajstić information content (AvgIpc) is 2.79. The van der Waals surface area contributed by atoms with Crippen LogP contribution in [0.1, 0.15) is 16.1 Å². The van der Waals surface area contributed by atoms with Crippen LogP contribution in [0.2, 0.25) is 10.0 Å². The standard InChI is InChI=1S/C14H9Cl2N3O2/c1-7-10-4-8(14(20)21)6-17-13(10)19(18-7)9-2-3-11(15)12(16)5-9/h2-6H,1H3,(H,20,21). The summed E-state index contributed by atoms with van der Waals surface area (Å²) in [5.41, 5.74) is 2.08. The first-order valence-corrected chi connectivity index (χ1v) is 6.77. The lowest BCUT2D eigenvalue weighted by molar-refractivity contribution is 0.0696. The molecule has 0 aliphatic heterocycles. The summed E-state index contributed by atoms with van der Waals surface area (Å²) < 4.78 is 1.61. The van der Waals surface area contributed by atoms with E-state index in [4.69, 9.17) is 28.3 Å². The van der Waals surface area contributed by atoms with Crippen molar-refractivity contribution >= 4 is 40.2 Å². The van der Waals surface area contributed by atoms with Crippen molar-refractivity contribution in [2.45, 2.75) is 6.92 Å². The van der Waals surface area contributed by atoms with Gasteiger partial charge in [0.15, 0.2) is 5.65 Å². The number of rotatable bonds is 2. The summed E-state index contributed by atoms with van der Waals surface area (Å²) in [6.07, 6.45) is 1.31. The van der Waals surface area contributed by atoms with E-state index in [0.29, 0.717) is 32.5 Å². The Hall–Kier alpha value is -2.11. The molecule has 0 saturated carbocycles. The largest absolute Gasteiger partial charge is 0.478 e. The summed E-state index contributed by atoms with van der Waals surface area (Å²) >= 11 is 11.9. The number of carboxylic acid groups (broad SMARTS) is 1. The van der Waals surface area contributed by atoms with Gasteiger partial charge in [-0.25, -0.2) is 14.5 Å². The van der Waals surface area contributed by atoms with Crippen LogP contribution in [-0.4, -0.2) is 25.8 Å². The topological polar surface area (TPSA) is 68.0 Å². The summed E-state index contributed by atoms with van der Waals surface area (Å²) in [6.45, 7) is 1.80. The second-order valence-electron chi connectivity index (χ2n) is 4.50. The van der Waals surface area contributed by atoms with Crippen molar-refractivity contribution in [1.29, 1.82) is 0 Å². The molecule has 0 spiro atoms. The molecule has 5 nitrogen and oxygen atoms in total. The third-order valence-electron chi connectivity index (χ3n) is 3.10. The van der Waals surface area contributed by atoms with E-state index >= 15 is 0 Å². The minimum Gasteiger partial charge on any atom is -0.478 e. The van der Waals surface area contributed by atoms with Crippen LogP contribution in [0.25, 0.3) is 16.7 Å². The zero-order valence-corrected chi connectivity index (χ0v) is 12.4. The molecule has 0 bridgehead atoms. The van der Waals surface area contributed by atoms with E-state index in [1.165, 1.54) is 6.20 Å². The van der Waals surface area contributed by atoms with Crippen LogP contribution in [0, 0.1) is 6.92 Å². The number of hydrogen-bond donors (Lipinski definition) is 1. The SMILES string of the molecule is Cc1nn(-c2ccc(Cl)c(Cl)c2)c2ncc(C(=O)O)cc12. The maximum atomic E-state index is 11.0. The first-order chi connectivity index (χ1) is 9.97. The Labute approximate surface area is 129 Å². The molecule has 0 unspecified atom stereocenters. The average molecular weight is 322 g/mol. The lowest BCUT2D eigenvalue weighted by atomic mass is 10.2. The van der Waals surface area contributed by atoms with Crippen LogP contribution in [0.4, 0.5) is 0 Å². The maximum absolute atomic E-state index is 11.0. The molecule has 7 heteroatoms. The molecule has 21 heavy (non-hydrogen) atoms. The van der Waals surface area contributed by atoms with Crippen LogP contribution >= 0.6 is 23.2 Å². The van der Waals surface area contributed by atoms with Gasteiger partial charge in [-0.3, -0.25) is 0 Å². The molecule has 0 saturated heterocycles. The molecule has 106 valence electrons. The van der Waals surface area contributed by atoms with Crippen molar-refractivity contribution in [3.05, 3.63) is 51.8 Å². The molecule has 2 heterocycles. The molecule has 1 N–H and O–H groups in total. The third-order valence-corrected chi connectivity index (χ3v) is 3.84. The molecule has 0 atom stereocenters. The van der Waals surface area contributed by atoms with Gasteiger partial charge in [0.25, 0.3) is 0 Å². The van der Waals surface area contributed by atoms with E-state index in [-0.39, 0.29) is 5.56 Å². The van der Waals surface area contributed by atoms with Crippen molar-refractivity contribution in [3.8, 4) is 5.69 Å². The third kappa shape index (κ3) is 2.34. The molecule has 0 amide bonds. The predicted octanol–water partition coefficient (Wildman–Crippen LogP) is 3.73. The Balaban J connectivity index is 2.24. The fourth-order valence-corrected chi connectivity index (χ4v) is 2.35. The van der Waals surface area contributed by atoms with Gasteiger partial charge in [-0.05, 0) is 31.2 Å². The molecule has 0 radical (unpaired) electrons. The number of aromatic nitrogens is 3. The second kappa shape index (κ2) is 5.02. The highest BCUT2D eigenvalue weighted by molar-refractivity contribution is 6.42. The van der Waals surface area contributed by atoms with Gasteiger partial charge in [0.2, 0.25) is 0 Å². The fraction of sp³-hybridized carbons (Fsp3) is 0.0714. The Kier molecular flexibility index (Phi) is 3.31. The Morgan fingerprint density at radius 1 is 1.24 bits per heavy atom. The van der Waals surface area contributed by atoms with Crippen LogP contribution < -0.4 is 0 Å². The highest BCUT2D eigenvalue weighted by Gasteiger charge is 2.14. The molecule has 0 fully saturated rings. The smallest absolute Gasteiger partial charge is 0.337 e. The summed E-state index contributed by atoms with van der Waals surface area (Å²) in [7, 11) is 0. The predicted molar refractivity (Wildman–Crippen MR) is 80.6 cm³/mol. The lowest BCUT2D eigenvalue weighted by Gasteiger charge is -2.04. The van der Waals surface area contributed by atoms with Crippen LogP contribution in [-0.2, 0) is 0 Å². The van der Waals surface area contributed by atoms with Crippen LogP contribution in [0.5, 0.6) is 0 Å². The summed E-state index contributed by atoms with van der Waals surface area (Å²) in [4.78, 5) is 15.2. The number of benzene rings is 1. The van der Waals surface area contributed by atoms with Crippen molar-refractivity contribution in [2.75, 3.05) is 0 Å². The van der Waals surface area contributed by atoms with E-state index < -0.39 is 5.97 Å². The maximum Gasteiger partial charge on any atom is 0.337 e. The quantitative estimate of drug-likeness (QED) is 0.780. The second-order valence-corrected chi connectivity index (χ2v) is 5.31. The van der Waals surface area contributed by atoms with Gasteiger partial charge in [-0.2, -0.15) is 5.10 Å². The lowest BCUT2D eigenvalue weighted by Crippen LogP contribution is -2.00. The number of nitrogens with zero attached hydrogens (tertiary/aromatic N) is 3. The Morgan fingerprint density at radius 3 is 2.67 bits per heavy atom. The van der Waals surface area contributed by atoms with Crippen LogP contribution in [0.15, 0.2) is 30.5 Å². The number of hydrogen-bond acceptors (Lipinski definition) is 3. The number of aromatic carboxylic acids is 1. The molecular weight excluding hydrogens is 313 g/mol. The van der Waals surface area contributed by atoms with Crippen molar-refractivity contribution in [3.63, 3.8) is 0 Å². The zero-order chi connectivity index (χ0) is 15.1. The number of carbonyl (C=O) groups is 1. The van der Waals surface area contributed by atoms with E-state index in [1.807, 2.05) is 0 Å². The summed E-state index contributed by atoms with van der Waals surface area (Å²) in [5, 5.41) is 15.0. The van der Waals surface area contributed by atoms with Gasteiger partial charge in [-0.15, -0.1) is 0 Å². The highest BCUT2D eigenvalue weighted by Crippen LogP contribution is 2.27. The van der Waals surface area contributed by atoms with E-state index in [2.05, 4.69) is 10.1 Å². The molecule has 3 rings (SSSR count). The van der Waals surface area contributed by atoms with Gasteiger partial charge < -0.3 is 5.11 Å². The number of pyridine rings is 1. The molecule has 0 aliphatic carbocycles. The van der Waals surface area contributed by atoms with E-state index in [1.54, 1.807) is 35.9 Å². The van der Waals surface area contributed by atoms with Gasteiger partial charge in [0.1, 0.15) is 0 Å². The normalized spacial score (nSPS) is 11.0. The Morgan fingerprint density at radius 2 is 2.00 bits per heavy atom. The van der Waals surface area contributed by atoms with Crippen molar-refractivity contribution < 1.29 is 9.90 Å². The number of aryl methyl sites for hydroxylation is 1. The first-order valence-electron chi connectivity index (χ1n) is 6.01. The molecule has 1 aromatic carbocycles. The Bertz CT molecular complexity index is 874. The van der Waals surface area contributed by atoms with E-state index in [0.717, 1.165) is 0 Å². The monoisotopic (exact) mass is 321 g/mol. The minimum atomic E-state index is -1.02. The summed E-state index contributed by atoms with van der Waals surface area (Å²) in [6, 6.07) is 6.68. The molecular formula is C14H9Cl2N3O2. The number of halogens is 2. The minimum absolute atomic E-state index is 0.124. The van der Waals surface area contributed by atoms with Crippen molar-refractivity contribution in [1.82, 2.24) is 14.8 Å². The number of carboxylic acids is 1. The van der Waals surface area contributed by atoms with E-state index in [9.17, 15) is 4.79 Å². The molecule has 0 aliphatic rings. The number of fused-ring (bicyclic) bond motifs is 1. The van der Waals surface area contributed by atoms with Gasteiger partial charge in [0.05, 0.1) is 27.0 Å². The van der Waals surface area contributed by atoms with Crippen molar-refractivity contribution in [2.24, 2.45) is 0 Å². The van der Waals surface area contributed by atoms with Crippen LogP contribution in [0.3, 0.4) is 0 Å². The molecule has 2 aromatic heterocycles. The molecule has 3 aromatic rings. The summed E-state index contributed by atoms with van der Waals surface area (Å²) in [5.74, 6) is -1.02. The first kappa shape index (κ1) is 13.9.